The summed E-state index contributed by atoms with van der Waals surface area (Å²) in [5.74, 6) is 0.112. The summed E-state index contributed by atoms with van der Waals surface area (Å²) < 4.78 is 5.34. The Labute approximate surface area is 77.7 Å². The molecule has 0 aromatic heterocycles. The monoisotopic (exact) mass is 185 g/mol. The number of hydrogen-bond donors (Lipinski definition) is 0. The third-order valence-corrected chi connectivity index (χ3v) is 2.69. The lowest BCUT2D eigenvalue weighted by molar-refractivity contribution is -0.174. The normalized spacial score (nSPS) is 34.1. The lowest BCUT2D eigenvalue weighted by Crippen LogP contribution is -2.35. The van der Waals surface area contributed by atoms with E-state index in [-0.39, 0.29) is 17.9 Å². The summed E-state index contributed by atoms with van der Waals surface area (Å²) in [6, 6.07) is 0. The molecule has 2 fully saturated rings. The summed E-state index contributed by atoms with van der Waals surface area (Å²) in [5.41, 5.74) is 0. The van der Waals surface area contributed by atoms with E-state index in [0.29, 0.717) is 13.2 Å². The number of nitrogens with zero attached hydrogens (tertiary/aromatic N) is 1. The van der Waals surface area contributed by atoms with Crippen molar-refractivity contribution in [2.75, 3.05) is 19.8 Å². The topological polar surface area (TPSA) is 38.8 Å². The van der Waals surface area contributed by atoms with Crippen LogP contribution >= 0.6 is 0 Å². The highest BCUT2D eigenvalue weighted by atomic mass is 16.7. The van der Waals surface area contributed by atoms with Gasteiger partial charge in [0.25, 0.3) is 5.91 Å². The van der Waals surface area contributed by atoms with Crippen LogP contribution in [0, 0.1) is 5.92 Å². The number of carbonyl (C=O) groups is 1. The van der Waals surface area contributed by atoms with Gasteiger partial charge in [0.1, 0.15) is 0 Å². The minimum atomic E-state index is 0.0121. The molecule has 2 aliphatic heterocycles. The molecule has 1 amide bonds. The zero-order valence-electron chi connectivity index (χ0n) is 7.86. The number of rotatable bonds is 1. The molecule has 0 aliphatic carbocycles. The van der Waals surface area contributed by atoms with Gasteiger partial charge in [0.2, 0.25) is 0 Å². The van der Waals surface area contributed by atoms with Crippen LogP contribution in [-0.4, -0.2) is 36.8 Å². The summed E-state index contributed by atoms with van der Waals surface area (Å²) in [7, 11) is 0. The third-order valence-electron chi connectivity index (χ3n) is 2.69. The second kappa shape index (κ2) is 3.64. The molecular formula is C9H15NO3. The van der Waals surface area contributed by atoms with Gasteiger partial charge in [-0.1, -0.05) is 0 Å². The molecule has 13 heavy (non-hydrogen) atoms. The van der Waals surface area contributed by atoms with Crippen molar-refractivity contribution in [3.05, 3.63) is 0 Å². The fourth-order valence-electron chi connectivity index (χ4n) is 1.86. The molecule has 0 saturated carbocycles. The highest BCUT2D eigenvalue weighted by Gasteiger charge is 2.35. The molecule has 4 heteroatoms. The molecule has 0 aromatic carbocycles. The van der Waals surface area contributed by atoms with Crippen LogP contribution in [0.15, 0.2) is 0 Å². The number of ether oxygens (including phenoxy) is 1. The van der Waals surface area contributed by atoms with Crippen LogP contribution in [-0.2, 0) is 14.4 Å². The van der Waals surface area contributed by atoms with Gasteiger partial charge in [-0.15, -0.1) is 0 Å². The van der Waals surface area contributed by atoms with Crippen molar-refractivity contribution in [1.82, 2.24) is 5.06 Å². The van der Waals surface area contributed by atoms with Crippen molar-refractivity contribution in [3.8, 4) is 0 Å². The molecular weight excluding hydrogens is 170 g/mol. The smallest absolute Gasteiger partial charge is 0.251 e. The van der Waals surface area contributed by atoms with E-state index >= 15 is 0 Å². The first kappa shape index (κ1) is 8.97. The van der Waals surface area contributed by atoms with Gasteiger partial charge in [0.15, 0.2) is 0 Å². The Hall–Kier alpha value is -0.610. The SMILES string of the molecule is CC1OCCC1C(=O)N1CCCO1. The Kier molecular flexibility index (Phi) is 2.51. The lowest BCUT2D eigenvalue weighted by Gasteiger charge is -2.20. The molecule has 74 valence electrons. The predicted octanol–water partition coefficient (Wildman–Crippen LogP) is 0.575. The van der Waals surface area contributed by atoms with Crippen LogP contribution in [0.4, 0.5) is 0 Å². The van der Waals surface area contributed by atoms with Gasteiger partial charge in [-0.25, -0.2) is 5.06 Å². The zero-order chi connectivity index (χ0) is 9.26. The third kappa shape index (κ3) is 1.69. The Morgan fingerprint density at radius 3 is 2.85 bits per heavy atom. The second-order valence-corrected chi connectivity index (χ2v) is 3.60. The van der Waals surface area contributed by atoms with Crippen molar-refractivity contribution in [2.45, 2.75) is 25.9 Å². The van der Waals surface area contributed by atoms with Gasteiger partial charge in [-0.3, -0.25) is 9.63 Å². The minimum absolute atomic E-state index is 0.0121. The first-order valence-corrected chi connectivity index (χ1v) is 4.85. The first-order chi connectivity index (χ1) is 6.29. The molecule has 2 atom stereocenters. The van der Waals surface area contributed by atoms with E-state index in [0.717, 1.165) is 19.4 Å². The largest absolute Gasteiger partial charge is 0.378 e. The molecule has 0 N–H and O–H groups in total. The van der Waals surface area contributed by atoms with Crippen molar-refractivity contribution < 1.29 is 14.4 Å². The van der Waals surface area contributed by atoms with Crippen LogP contribution < -0.4 is 0 Å². The van der Waals surface area contributed by atoms with Gasteiger partial charge in [-0.2, -0.15) is 0 Å². The molecule has 2 rings (SSSR count). The van der Waals surface area contributed by atoms with Crippen LogP contribution in [0.5, 0.6) is 0 Å². The maximum absolute atomic E-state index is 11.8. The fraction of sp³-hybridized carbons (Fsp3) is 0.889. The first-order valence-electron chi connectivity index (χ1n) is 4.85. The summed E-state index contributed by atoms with van der Waals surface area (Å²) in [6.45, 7) is 4.06. The maximum Gasteiger partial charge on any atom is 0.251 e. The van der Waals surface area contributed by atoms with Gasteiger partial charge < -0.3 is 4.74 Å². The number of carbonyl (C=O) groups excluding carboxylic acids is 1. The van der Waals surface area contributed by atoms with Crippen LogP contribution in [0.25, 0.3) is 0 Å². The predicted molar refractivity (Wildman–Crippen MR) is 45.8 cm³/mol. The molecule has 0 spiro atoms. The van der Waals surface area contributed by atoms with E-state index in [1.165, 1.54) is 5.06 Å². The number of hydroxylamine groups is 2. The van der Waals surface area contributed by atoms with E-state index in [4.69, 9.17) is 9.57 Å². The Morgan fingerprint density at radius 1 is 1.46 bits per heavy atom. The number of hydrogen-bond acceptors (Lipinski definition) is 3. The molecule has 0 bridgehead atoms. The second-order valence-electron chi connectivity index (χ2n) is 3.60. The standard InChI is InChI=1S/C9H15NO3/c1-7-8(3-6-12-7)9(11)10-4-2-5-13-10/h7-8H,2-6H2,1H3. The van der Waals surface area contributed by atoms with Gasteiger partial charge in [-0.05, 0) is 19.8 Å². The van der Waals surface area contributed by atoms with Crippen LogP contribution in [0.3, 0.4) is 0 Å². The summed E-state index contributed by atoms with van der Waals surface area (Å²) in [5, 5.41) is 1.50. The van der Waals surface area contributed by atoms with Gasteiger partial charge in [0, 0.05) is 6.61 Å². The summed E-state index contributed by atoms with van der Waals surface area (Å²) >= 11 is 0. The Morgan fingerprint density at radius 2 is 2.31 bits per heavy atom. The van der Waals surface area contributed by atoms with Crippen molar-refractivity contribution >= 4 is 5.91 Å². The van der Waals surface area contributed by atoms with Gasteiger partial charge >= 0.3 is 0 Å². The van der Waals surface area contributed by atoms with E-state index in [9.17, 15) is 4.79 Å². The zero-order valence-corrected chi connectivity index (χ0v) is 7.86. The highest BCUT2D eigenvalue weighted by molar-refractivity contribution is 5.78. The molecule has 2 saturated heterocycles. The maximum atomic E-state index is 11.8. The molecule has 2 heterocycles. The minimum Gasteiger partial charge on any atom is -0.378 e. The van der Waals surface area contributed by atoms with Crippen LogP contribution in [0.1, 0.15) is 19.8 Å². The molecule has 2 unspecified atom stereocenters. The molecule has 0 radical (unpaired) electrons. The van der Waals surface area contributed by atoms with E-state index in [1.54, 1.807) is 0 Å². The summed E-state index contributed by atoms with van der Waals surface area (Å²) in [6.07, 6.45) is 1.84. The lowest BCUT2D eigenvalue weighted by atomic mass is 10.0. The average molecular weight is 185 g/mol. The van der Waals surface area contributed by atoms with Crippen molar-refractivity contribution in [3.63, 3.8) is 0 Å². The van der Waals surface area contributed by atoms with E-state index in [2.05, 4.69) is 0 Å². The molecule has 2 aliphatic rings. The van der Waals surface area contributed by atoms with Crippen molar-refractivity contribution in [2.24, 2.45) is 5.92 Å². The van der Waals surface area contributed by atoms with Crippen molar-refractivity contribution in [1.29, 1.82) is 0 Å². The molecule has 0 aromatic rings. The summed E-state index contributed by atoms with van der Waals surface area (Å²) in [4.78, 5) is 17.0. The van der Waals surface area contributed by atoms with Crippen LogP contribution in [0.2, 0.25) is 0 Å². The van der Waals surface area contributed by atoms with E-state index < -0.39 is 0 Å². The fourth-order valence-corrected chi connectivity index (χ4v) is 1.86. The van der Waals surface area contributed by atoms with E-state index in [1.807, 2.05) is 6.92 Å². The van der Waals surface area contributed by atoms with Gasteiger partial charge in [0.05, 0.1) is 25.2 Å². The highest BCUT2D eigenvalue weighted by Crippen LogP contribution is 2.23. The Bertz CT molecular complexity index is 201. The Balaban J connectivity index is 1.95. The average Bonchev–Trinajstić information content (AvgIpc) is 2.72. The molecule has 4 nitrogen and oxygen atoms in total. The quantitative estimate of drug-likeness (QED) is 0.599. The number of amides is 1.